The molecule has 0 radical (unpaired) electrons. The van der Waals surface area contributed by atoms with E-state index in [0.29, 0.717) is 5.92 Å². The maximum Gasteiger partial charge on any atom is 0.0278 e. The molecule has 1 aromatic rings. The van der Waals surface area contributed by atoms with Crippen molar-refractivity contribution in [1.82, 2.24) is 15.1 Å². The summed E-state index contributed by atoms with van der Waals surface area (Å²) in [7, 11) is 2.21. The lowest BCUT2D eigenvalue weighted by atomic mass is 9.99. The van der Waals surface area contributed by atoms with Gasteiger partial charge in [-0.1, -0.05) is 37.3 Å². The van der Waals surface area contributed by atoms with Gasteiger partial charge in [0.15, 0.2) is 0 Å². The summed E-state index contributed by atoms with van der Waals surface area (Å²) < 4.78 is 0. The van der Waals surface area contributed by atoms with Crippen LogP contribution < -0.4 is 5.32 Å². The van der Waals surface area contributed by atoms with Gasteiger partial charge in [0, 0.05) is 44.8 Å². The predicted molar refractivity (Wildman–Crippen MR) is 90.9 cm³/mol. The second kappa shape index (κ2) is 7.39. The highest BCUT2D eigenvalue weighted by atomic mass is 15.3. The molecule has 118 valence electrons. The Morgan fingerprint density at radius 3 is 2.33 bits per heavy atom. The molecule has 1 unspecified atom stereocenters. The minimum Gasteiger partial charge on any atom is -0.314 e. The molecule has 0 spiro atoms. The first-order valence-electron chi connectivity index (χ1n) is 8.18. The molecule has 0 amide bonds. The number of likely N-dealkylation sites (N-methyl/N-ethyl adjacent to an activating group) is 1. The minimum absolute atomic E-state index is 0.234. The molecule has 1 heterocycles. The molecule has 1 aliphatic heterocycles. The largest absolute Gasteiger partial charge is 0.314 e. The Morgan fingerprint density at radius 1 is 1.10 bits per heavy atom. The minimum atomic E-state index is 0.234. The van der Waals surface area contributed by atoms with E-state index in [-0.39, 0.29) is 5.54 Å². The Kier molecular flexibility index (Phi) is 5.80. The summed E-state index contributed by atoms with van der Waals surface area (Å²) in [4.78, 5) is 5.03. The van der Waals surface area contributed by atoms with Crippen LogP contribution in [-0.2, 0) is 0 Å². The van der Waals surface area contributed by atoms with Gasteiger partial charge in [-0.05, 0) is 32.4 Å². The molecule has 0 aromatic heterocycles. The Bertz CT molecular complexity index is 408. The first kappa shape index (κ1) is 16.5. The molecule has 1 atom stereocenters. The van der Waals surface area contributed by atoms with Gasteiger partial charge < -0.3 is 10.2 Å². The van der Waals surface area contributed by atoms with Gasteiger partial charge >= 0.3 is 0 Å². The van der Waals surface area contributed by atoms with Gasteiger partial charge in [-0.25, -0.2) is 0 Å². The van der Waals surface area contributed by atoms with Crippen molar-refractivity contribution in [2.45, 2.75) is 32.2 Å². The Labute approximate surface area is 130 Å². The van der Waals surface area contributed by atoms with Crippen molar-refractivity contribution in [3.63, 3.8) is 0 Å². The zero-order chi connectivity index (χ0) is 15.3. The summed E-state index contributed by atoms with van der Waals surface area (Å²) in [5.74, 6) is 0.564. The zero-order valence-electron chi connectivity index (χ0n) is 14.1. The van der Waals surface area contributed by atoms with Crippen LogP contribution in [0.4, 0.5) is 0 Å². The fraction of sp³-hybridized carbons (Fsp3) is 0.667. The highest BCUT2D eigenvalue weighted by Gasteiger charge is 2.28. The smallest absolute Gasteiger partial charge is 0.0278 e. The van der Waals surface area contributed by atoms with E-state index in [4.69, 9.17) is 0 Å². The summed E-state index contributed by atoms with van der Waals surface area (Å²) in [6.45, 7) is 13.8. The monoisotopic (exact) mass is 289 g/mol. The molecule has 21 heavy (non-hydrogen) atoms. The van der Waals surface area contributed by atoms with E-state index in [1.165, 1.54) is 31.7 Å². The topological polar surface area (TPSA) is 18.5 Å². The van der Waals surface area contributed by atoms with Crippen molar-refractivity contribution in [1.29, 1.82) is 0 Å². The van der Waals surface area contributed by atoms with Crippen LogP contribution in [0.15, 0.2) is 30.3 Å². The third kappa shape index (κ3) is 4.80. The second-order valence-electron chi connectivity index (χ2n) is 7.05. The van der Waals surface area contributed by atoms with Gasteiger partial charge in [0.05, 0.1) is 0 Å². The van der Waals surface area contributed by atoms with Gasteiger partial charge in [0.1, 0.15) is 0 Å². The predicted octanol–water partition coefficient (Wildman–Crippen LogP) is 2.41. The fourth-order valence-electron chi connectivity index (χ4n) is 3.02. The van der Waals surface area contributed by atoms with Crippen molar-refractivity contribution in [3.8, 4) is 0 Å². The van der Waals surface area contributed by atoms with Crippen LogP contribution in [0.5, 0.6) is 0 Å². The maximum absolute atomic E-state index is 3.68. The fourth-order valence-corrected chi connectivity index (χ4v) is 3.02. The van der Waals surface area contributed by atoms with E-state index in [1.807, 2.05) is 0 Å². The van der Waals surface area contributed by atoms with Gasteiger partial charge in [0.25, 0.3) is 0 Å². The third-order valence-electron chi connectivity index (χ3n) is 4.74. The van der Waals surface area contributed by atoms with E-state index >= 15 is 0 Å². The average molecular weight is 289 g/mol. The lowest BCUT2D eigenvalue weighted by Crippen LogP contribution is -2.57. The molecule has 2 rings (SSSR count). The molecular weight excluding hydrogens is 258 g/mol. The average Bonchev–Trinajstić information content (AvgIpc) is 2.48. The number of hydrogen-bond donors (Lipinski definition) is 1. The molecule has 1 aromatic carbocycles. The van der Waals surface area contributed by atoms with E-state index in [2.05, 4.69) is 73.3 Å². The summed E-state index contributed by atoms with van der Waals surface area (Å²) in [5, 5.41) is 3.68. The zero-order valence-corrected chi connectivity index (χ0v) is 14.1. The van der Waals surface area contributed by atoms with Crippen LogP contribution in [0.1, 0.15) is 32.3 Å². The van der Waals surface area contributed by atoms with Crippen LogP contribution in [0.2, 0.25) is 0 Å². The van der Waals surface area contributed by atoms with E-state index < -0.39 is 0 Å². The lowest BCUT2D eigenvalue weighted by Gasteiger charge is -2.43. The SMILES string of the molecule is CC(CNCC(C)(C)N1CCN(C)CC1)c1ccccc1. The number of rotatable bonds is 6. The first-order valence-corrected chi connectivity index (χ1v) is 8.18. The summed E-state index contributed by atoms with van der Waals surface area (Å²) in [6.07, 6.45) is 0. The normalized spacial score (nSPS) is 19.6. The second-order valence-corrected chi connectivity index (χ2v) is 7.05. The van der Waals surface area contributed by atoms with Crippen LogP contribution in [0, 0.1) is 0 Å². The van der Waals surface area contributed by atoms with Crippen molar-refractivity contribution < 1.29 is 0 Å². The third-order valence-corrected chi connectivity index (χ3v) is 4.74. The van der Waals surface area contributed by atoms with Gasteiger partial charge in [0.2, 0.25) is 0 Å². The Balaban J connectivity index is 1.76. The molecular formula is C18H31N3. The first-order chi connectivity index (χ1) is 9.99. The van der Waals surface area contributed by atoms with Gasteiger partial charge in [-0.2, -0.15) is 0 Å². The molecule has 0 saturated carbocycles. The van der Waals surface area contributed by atoms with Crippen LogP contribution in [0.3, 0.4) is 0 Å². The molecule has 1 saturated heterocycles. The number of benzene rings is 1. The van der Waals surface area contributed by atoms with Crippen molar-refractivity contribution in [2.24, 2.45) is 0 Å². The Morgan fingerprint density at radius 2 is 1.71 bits per heavy atom. The summed E-state index contributed by atoms with van der Waals surface area (Å²) in [6, 6.07) is 10.8. The number of hydrogen-bond acceptors (Lipinski definition) is 3. The lowest BCUT2D eigenvalue weighted by molar-refractivity contribution is 0.0619. The van der Waals surface area contributed by atoms with E-state index in [9.17, 15) is 0 Å². The number of nitrogens with zero attached hydrogens (tertiary/aromatic N) is 2. The molecule has 1 N–H and O–H groups in total. The van der Waals surface area contributed by atoms with Gasteiger partial charge in [-0.15, -0.1) is 0 Å². The molecule has 0 aliphatic carbocycles. The van der Waals surface area contributed by atoms with Crippen molar-refractivity contribution in [2.75, 3.05) is 46.3 Å². The van der Waals surface area contributed by atoms with Gasteiger partial charge in [-0.3, -0.25) is 4.90 Å². The highest BCUT2D eigenvalue weighted by molar-refractivity contribution is 5.18. The molecule has 1 aliphatic rings. The number of piperazine rings is 1. The van der Waals surface area contributed by atoms with Crippen molar-refractivity contribution >= 4 is 0 Å². The molecule has 1 fully saturated rings. The summed E-state index contributed by atoms with van der Waals surface area (Å²) >= 11 is 0. The van der Waals surface area contributed by atoms with Crippen LogP contribution in [0.25, 0.3) is 0 Å². The Hall–Kier alpha value is -0.900. The van der Waals surface area contributed by atoms with Crippen molar-refractivity contribution in [3.05, 3.63) is 35.9 Å². The van der Waals surface area contributed by atoms with E-state index in [0.717, 1.165) is 13.1 Å². The molecule has 3 nitrogen and oxygen atoms in total. The quantitative estimate of drug-likeness (QED) is 0.867. The molecule has 3 heteroatoms. The van der Waals surface area contributed by atoms with E-state index in [1.54, 1.807) is 0 Å². The highest BCUT2D eigenvalue weighted by Crippen LogP contribution is 2.17. The summed E-state index contributed by atoms with van der Waals surface area (Å²) in [5.41, 5.74) is 1.65. The number of nitrogens with one attached hydrogen (secondary N) is 1. The maximum atomic E-state index is 3.68. The van der Waals surface area contributed by atoms with Crippen LogP contribution >= 0.6 is 0 Å². The molecule has 0 bridgehead atoms. The van der Waals surface area contributed by atoms with Crippen LogP contribution in [-0.4, -0.2) is 61.7 Å². The standard InChI is InChI=1S/C18H31N3/c1-16(17-8-6-5-7-9-17)14-19-15-18(2,3)21-12-10-20(4)11-13-21/h5-9,16,19H,10-15H2,1-4H3.